The van der Waals surface area contributed by atoms with Crippen LogP contribution in [0.1, 0.15) is 39.5 Å². The van der Waals surface area contributed by atoms with Crippen molar-refractivity contribution in [3.8, 4) is 0 Å². The highest BCUT2D eigenvalue weighted by molar-refractivity contribution is 5.75. The van der Waals surface area contributed by atoms with E-state index in [2.05, 4.69) is 6.92 Å². The molecule has 0 aliphatic carbocycles. The predicted octanol–water partition coefficient (Wildman–Crippen LogP) is 1.22. The second-order valence-corrected chi connectivity index (χ2v) is 4.10. The Balaban J connectivity index is 2.29. The van der Waals surface area contributed by atoms with Gasteiger partial charge in [-0.3, -0.25) is 0 Å². The van der Waals surface area contributed by atoms with Crippen LogP contribution in [0, 0.1) is 0 Å². The van der Waals surface area contributed by atoms with Crippen LogP contribution in [0.15, 0.2) is 0 Å². The lowest BCUT2D eigenvalue weighted by atomic mass is 10.2. The molecule has 0 bridgehead atoms. The van der Waals surface area contributed by atoms with Crippen LogP contribution in [0.3, 0.4) is 0 Å². The van der Waals surface area contributed by atoms with E-state index in [1.54, 1.807) is 0 Å². The van der Waals surface area contributed by atoms with Gasteiger partial charge in [-0.05, 0) is 26.2 Å². The molecule has 1 aliphatic heterocycles. The Morgan fingerprint density at radius 3 is 2.87 bits per heavy atom. The van der Waals surface area contributed by atoms with Crippen molar-refractivity contribution in [2.45, 2.75) is 57.8 Å². The quantitative estimate of drug-likeness (QED) is 0.700. The molecule has 1 fully saturated rings. The van der Waals surface area contributed by atoms with Crippen molar-refractivity contribution in [3.05, 3.63) is 0 Å². The molecule has 2 N–H and O–H groups in total. The number of ether oxygens (including phenoxy) is 2. The summed E-state index contributed by atoms with van der Waals surface area (Å²) in [6.45, 7) is 4.46. The van der Waals surface area contributed by atoms with Crippen LogP contribution in [0.5, 0.6) is 0 Å². The van der Waals surface area contributed by atoms with E-state index in [0.717, 1.165) is 25.7 Å². The fourth-order valence-corrected chi connectivity index (χ4v) is 1.79. The van der Waals surface area contributed by atoms with E-state index in [-0.39, 0.29) is 18.2 Å². The van der Waals surface area contributed by atoms with Crippen LogP contribution in [-0.4, -0.2) is 30.8 Å². The minimum atomic E-state index is -0.391. The second kappa shape index (κ2) is 6.08. The van der Waals surface area contributed by atoms with Gasteiger partial charge in [-0.15, -0.1) is 0 Å². The fraction of sp³-hybridized carbons (Fsp3) is 0.909. The van der Waals surface area contributed by atoms with Gasteiger partial charge >= 0.3 is 5.97 Å². The zero-order valence-corrected chi connectivity index (χ0v) is 9.57. The molecular formula is C11H21NO3. The molecule has 3 unspecified atom stereocenters. The molecule has 0 saturated carbocycles. The number of rotatable bonds is 5. The van der Waals surface area contributed by atoms with E-state index in [1.807, 2.05) is 6.92 Å². The molecule has 4 nitrogen and oxygen atoms in total. The maximum absolute atomic E-state index is 11.6. The van der Waals surface area contributed by atoms with Crippen molar-refractivity contribution in [2.24, 2.45) is 5.73 Å². The topological polar surface area (TPSA) is 61.5 Å². The molecule has 0 spiro atoms. The van der Waals surface area contributed by atoms with Gasteiger partial charge in [0.15, 0.2) is 6.10 Å². The molecule has 1 aliphatic rings. The van der Waals surface area contributed by atoms with Gasteiger partial charge in [-0.2, -0.15) is 0 Å². The van der Waals surface area contributed by atoms with Crippen molar-refractivity contribution in [1.29, 1.82) is 0 Å². The molecule has 0 aromatic heterocycles. The molecule has 1 saturated heterocycles. The standard InChI is InChI=1S/C11H21NO3/c1-3-4-8(2)14-11(13)10-6-5-9(7-12)15-10/h8-10H,3-7,12H2,1-2H3. The number of carbonyl (C=O) groups is 1. The van der Waals surface area contributed by atoms with Crippen LogP contribution in [0.25, 0.3) is 0 Å². The summed E-state index contributed by atoms with van der Waals surface area (Å²) in [7, 11) is 0. The minimum Gasteiger partial charge on any atom is -0.461 e. The summed E-state index contributed by atoms with van der Waals surface area (Å²) in [5.74, 6) is -0.230. The van der Waals surface area contributed by atoms with Gasteiger partial charge in [-0.25, -0.2) is 4.79 Å². The zero-order chi connectivity index (χ0) is 11.3. The number of esters is 1. The van der Waals surface area contributed by atoms with Crippen molar-refractivity contribution in [2.75, 3.05) is 6.54 Å². The lowest BCUT2D eigenvalue weighted by molar-refractivity contribution is -0.161. The SMILES string of the molecule is CCCC(C)OC(=O)C1CCC(CN)O1. The van der Waals surface area contributed by atoms with E-state index in [4.69, 9.17) is 15.2 Å². The molecular weight excluding hydrogens is 194 g/mol. The van der Waals surface area contributed by atoms with Crippen molar-refractivity contribution >= 4 is 5.97 Å². The maximum atomic E-state index is 11.6. The number of carbonyl (C=O) groups excluding carboxylic acids is 1. The Kier molecular flexibility index (Phi) is 5.05. The highest BCUT2D eigenvalue weighted by Crippen LogP contribution is 2.20. The molecule has 0 radical (unpaired) electrons. The zero-order valence-electron chi connectivity index (χ0n) is 9.57. The first-order chi connectivity index (χ1) is 7.17. The maximum Gasteiger partial charge on any atom is 0.335 e. The molecule has 0 aromatic rings. The van der Waals surface area contributed by atoms with Crippen molar-refractivity contribution in [1.82, 2.24) is 0 Å². The normalized spacial score (nSPS) is 27.7. The van der Waals surface area contributed by atoms with E-state index < -0.39 is 6.10 Å². The summed E-state index contributed by atoms with van der Waals surface area (Å²) in [5.41, 5.74) is 5.47. The first-order valence-electron chi connectivity index (χ1n) is 5.73. The third-order valence-corrected chi connectivity index (χ3v) is 2.65. The third kappa shape index (κ3) is 3.80. The van der Waals surface area contributed by atoms with E-state index >= 15 is 0 Å². The average Bonchev–Trinajstić information content (AvgIpc) is 2.66. The van der Waals surface area contributed by atoms with Gasteiger partial charge in [0.1, 0.15) is 0 Å². The molecule has 1 rings (SSSR count). The lowest BCUT2D eigenvalue weighted by Gasteiger charge is -2.16. The summed E-state index contributed by atoms with van der Waals surface area (Å²) in [6, 6.07) is 0. The van der Waals surface area contributed by atoms with E-state index in [9.17, 15) is 4.79 Å². The minimum absolute atomic E-state index is 0.0111. The van der Waals surface area contributed by atoms with Crippen molar-refractivity contribution in [3.63, 3.8) is 0 Å². The van der Waals surface area contributed by atoms with Crippen LogP contribution in [0.2, 0.25) is 0 Å². The Morgan fingerprint density at radius 1 is 1.60 bits per heavy atom. The first-order valence-corrected chi connectivity index (χ1v) is 5.73. The third-order valence-electron chi connectivity index (χ3n) is 2.65. The number of hydrogen-bond donors (Lipinski definition) is 1. The van der Waals surface area contributed by atoms with Crippen LogP contribution >= 0.6 is 0 Å². The fourth-order valence-electron chi connectivity index (χ4n) is 1.79. The Labute approximate surface area is 91.1 Å². The Hall–Kier alpha value is -0.610. The summed E-state index contributed by atoms with van der Waals surface area (Å²) >= 11 is 0. The summed E-state index contributed by atoms with van der Waals surface area (Å²) < 4.78 is 10.7. The van der Waals surface area contributed by atoms with Crippen LogP contribution in [0.4, 0.5) is 0 Å². The van der Waals surface area contributed by atoms with Crippen molar-refractivity contribution < 1.29 is 14.3 Å². The summed E-state index contributed by atoms with van der Waals surface area (Å²) in [5, 5.41) is 0. The van der Waals surface area contributed by atoms with Crippen LogP contribution < -0.4 is 5.73 Å². The molecule has 15 heavy (non-hydrogen) atoms. The summed E-state index contributed by atoms with van der Waals surface area (Å²) in [6.07, 6.45) is 3.15. The molecule has 3 atom stereocenters. The van der Waals surface area contributed by atoms with Gasteiger partial charge < -0.3 is 15.2 Å². The highest BCUT2D eigenvalue weighted by Gasteiger charge is 2.31. The molecule has 0 aromatic carbocycles. The monoisotopic (exact) mass is 215 g/mol. The predicted molar refractivity (Wildman–Crippen MR) is 57.4 cm³/mol. The van der Waals surface area contributed by atoms with Gasteiger partial charge in [0, 0.05) is 6.54 Å². The van der Waals surface area contributed by atoms with Gasteiger partial charge in [0.05, 0.1) is 12.2 Å². The van der Waals surface area contributed by atoms with Gasteiger partial charge in [-0.1, -0.05) is 13.3 Å². The number of nitrogens with two attached hydrogens (primary N) is 1. The molecule has 1 heterocycles. The van der Waals surface area contributed by atoms with E-state index in [0.29, 0.717) is 6.54 Å². The van der Waals surface area contributed by atoms with Gasteiger partial charge in [0.2, 0.25) is 0 Å². The second-order valence-electron chi connectivity index (χ2n) is 4.10. The Bertz CT molecular complexity index is 208. The molecule has 4 heteroatoms. The highest BCUT2D eigenvalue weighted by atomic mass is 16.6. The molecule has 88 valence electrons. The van der Waals surface area contributed by atoms with Crippen LogP contribution in [-0.2, 0) is 14.3 Å². The smallest absolute Gasteiger partial charge is 0.335 e. The number of hydrogen-bond acceptors (Lipinski definition) is 4. The largest absolute Gasteiger partial charge is 0.461 e. The summed E-state index contributed by atoms with van der Waals surface area (Å²) in [4.78, 5) is 11.6. The first kappa shape index (κ1) is 12.5. The van der Waals surface area contributed by atoms with Gasteiger partial charge in [0.25, 0.3) is 0 Å². The molecule has 0 amide bonds. The average molecular weight is 215 g/mol. The Morgan fingerprint density at radius 2 is 2.33 bits per heavy atom. The lowest BCUT2D eigenvalue weighted by Crippen LogP contribution is -2.29. The van der Waals surface area contributed by atoms with E-state index in [1.165, 1.54) is 0 Å².